The van der Waals surface area contributed by atoms with Gasteiger partial charge in [-0.3, -0.25) is 0 Å². The van der Waals surface area contributed by atoms with Crippen molar-refractivity contribution in [2.75, 3.05) is 6.61 Å². The third-order valence-corrected chi connectivity index (χ3v) is 3.54. The van der Waals surface area contributed by atoms with Crippen molar-refractivity contribution < 1.29 is 13.5 Å². The Morgan fingerprint density at radius 3 is 2.40 bits per heavy atom. The van der Waals surface area contributed by atoms with E-state index in [2.05, 4.69) is 15.9 Å². The van der Waals surface area contributed by atoms with E-state index >= 15 is 0 Å². The molecule has 1 nitrogen and oxygen atoms in total. The average Bonchev–Trinajstić information content (AvgIpc) is 2.18. The van der Waals surface area contributed by atoms with E-state index in [-0.39, 0.29) is 0 Å². The van der Waals surface area contributed by atoms with Gasteiger partial charge in [0.1, 0.15) is 12.4 Å². The summed E-state index contributed by atoms with van der Waals surface area (Å²) in [5.74, 6) is 0.536. The Bertz CT molecular complexity index is 364. The molecule has 0 atom stereocenters. The summed E-state index contributed by atoms with van der Waals surface area (Å²) in [5, 5.41) is 0. The van der Waals surface area contributed by atoms with E-state index in [0.29, 0.717) is 5.75 Å². The van der Waals surface area contributed by atoms with Crippen LogP contribution in [0, 0.1) is 20.8 Å². The molecule has 0 fully saturated rings. The number of hydrogen-bond acceptors (Lipinski definition) is 1. The van der Waals surface area contributed by atoms with Gasteiger partial charge < -0.3 is 4.74 Å². The average molecular weight is 279 g/mol. The quantitative estimate of drug-likeness (QED) is 0.812. The molecule has 0 saturated carbocycles. The highest BCUT2D eigenvalue weighted by molar-refractivity contribution is 9.10. The molecule has 1 aromatic rings. The maximum Gasteiger partial charge on any atom is 0.272 e. The van der Waals surface area contributed by atoms with Crippen LogP contribution < -0.4 is 4.74 Å². The van der Waals surface area contributed by atoms with Gasteiger partial charge in [0, 0.05) is 4.47 Å². The molecule has 84 valence electrons. The highest BCUT2D eigenvalue weighted by Crippen LogP contribution is 2.31. The van der Waals surface area contributed by atoms with Gasteiger partial charge in [0.05, 0.1) is 0 Å². The van der Waals surface area contributed by atoms with Gasteiger partial charge in [-0.1, -0.05) is 15.9 Å². The Labute approximate surface area is 96.6 Å². The summed E-state index contributed by atoms with van der Waals surface area (Å²) in [6.07, 6.45) is -2.44. The molecule has 15 heavy (non-hydrogen) atoms. The number of halogens is 3. The first kappa shape index (κ1) is 12.4. The Morgan fingerprint density at radius 1 is 1.27 bits per heavy atom. The van der Waals surface area contributed by atoms with Crippen LogP contribution in [0.4, 0.5) is 8.78 Å². The van der Waals surface area contributed by atoms with Crippen molar-refractivity contribution in [2.24, 2.45) is 0 Å². The van der Waals surface area contributed by atoms with Crippen LogP contribution in [0.1, 0.15) is 16.7 Å². The first-order valence-corrected chi connectivity index (χ1v) is 5.40. The van der Waals surface area contributed by atoms with Gasteiger partial charge in [-0.15, -0.1) is 0 Å². The van der Waals surface area contributed by atoms with Crippen molar-refractivity contribution in [3.05, 3.63) is 27.2 Å². The Hall–Kier alpha value is -0.640. The summed E-state index contributed by atoms with van der Waals surface area (Å²) in [6.45, 7) is 5.15. The van der Waals surface area contributed by atoms with Crippen molar-refractivity contribution in [1.82, 2.24) is 0 Å². The van der Waals surface area contributed by atoms with Gasteiger partial charge in [0.2, 0.25) is 0 Å². The number of hydrogen-bond donors (Lipinski definition) is 0. The zero-order chi connectivity index (χ0) is 11.6. The molecular weight excluding hydrogens is 266 g/mol. The molecule has 0 amide bonds. The molecule has 0 heterocycles. The highest BCUT2D eigenvalue weighted by Gasteiger charge is 2.11. The SMILES string of the molecule is Cc1cc(OCC(F)F)c(C)c(C)c1Br. The van der Waals surface area contributed by atoms with Crippen LogP contribution in [0.3, 0.4) is 0 Å². The fourth-order valence-electron chi connectivity index (χ4n) is 1.32. The van der Waals surface area contributed by atoms with Crippen molar-refractivity contribution in [3.8, 4) is 5.75 Å². The minimum atomic E-state index is -2.44. The third-order valence-electron chi connectivity index (χ3n) is 2.32. The molecule has 0 aromatic heterocycles. The molecule has 0 bridgehead atoms. The van der Waals surface area contributed by atoms with Crippen LogP contribution >= 0.6 is 15.9 Å². The number of benzene rings is 1. The van der Waals surface area contributed by atoms with Gasteiger partial charge >= 0.3 is 0 Å². The second kappa shape index (κ2) is 4.92. The summed E-state index contributed by atoms with van der Waals surface area (Å²) < 4.78 is 30.0. The predicted molar refractivity (Wildman–Crippen MR) is 59.9 cm³/mol. The third kappa shape index (κ3) is 2.91. The molecule has 0 saturated heterocycles. The van der Waals surface area contributed by atoms with Gasteiger partial charge in [-0.05, 0) is 43.5 Å². The lowest BCUT2D eigenvalue weighted by Gasteiger charge is -2.14. The smallest absolute Gasteiger partial charge is 0.272 e. The zero-order valence-electron chi connectivity index (χ0n) is 8.90. The lowest BCUT2D eigenvalue weighted by Crippen LogP contribution is -2.08. The van der Waals surface area contributed by atoms with Crippen molar-refractivity contribution in [3.63, 3.8) is 0 Å². The van der Waals surface area contributed by atoms with E-state index in [1.165, 1.54) is 0 Å². The van der Waals surface area contributed by atoms with Crippen LogP contribution in [-0.4, -0.2) is 13.0 Å². The minimum absolute atomic E-state index is 0.536. The number of ether oxygens (including phenoxy) is 1. The standard InChI is InChI=1S/C11H13BrF2O/c1-6-4-9(15-5-10(13)14)7(2)8(3)11(6)12/h4,10H,5H2,1-3H3. The largest absolute Gasteiger partial charge is 0.487 e. The summed E-state index contributed by atoms with van der Waals surface area (Å²) in [6, 6.07) is 1.77. The normalized spacial score (nSPS) is 10.9. The Balaban J connectivity index is 2.99. The number of aryl methyl sites for hydroxylation is 1. The molecule has 0 radical (unpaired) electrons. The predicted octanol–water partition coefficient (Wildman–Crippen LogP) is 4.02. The monoisotopic (exact) mass is 278 g/mol. The van der Waals surface area contributed by atoms with Crippen LogP contribution in [-0.2, 0) is 0 Å². The van der Waals surface area contributed by atoms with E-state index < -0.39 is 13.0 Å². The number of rotatable bonds is 3. The second-order valence-corrected chi connectivity index (χ2v) is 4.25. The maximum atomic E-state index is 12.0. The van der Waals surface area contributed by atoms with Crippen LogP contribution in [0.15, 0.2) is 10.5 Å². The lowest BCUT2D eigenvalue weighted by molar-refractivity contribution is 0.0815. The van der Waals surface area contributed by atoms with Crippen LogP contribution in [0.5, 0.6) is 5.75 Å². The van der Waals surface area contributed by atoms with E-state index in [4.69, 9.17) is 4.74 Å². The molecule has 0 spiro atoms. The molecule has 0 N–H and O–H groups in total. The lowest BCUT2D eigenvalue weighted by atomic mass is 10.1. The number of alkyl halides is 2. The second-order valence-electron chi connectivity index (χ2n) is 3.46. The van der Waals surface area contributed by atoms with Crippen molar-refractivity contribution in [1.29, 1.82) is 0 Å². The molecule has 0 unspecified atom stereocenters. The van der Waals surface area contributed by atoms with Gasteiger partial charge in [0.25, 0.3) is 6.43 Å². The molecule has 0 aliphatic rings. The topological polar surface area (TPSA) is 9.23 Å². The van der Waals surface area contributed by atoms with Gasteiger partial charge in [0.15, 0.2) is 0 Å². The van der Waals surface area contributed by atoms with Crippen molar-refractivity contribution in [2.45, 2.75) is 27.2 Å². The fraction of sp³-hybridized carbons (Fsp3) is 0.455. The fourth-order valence-corrected chi connectivity index (χ4v) is 1.73. The summed E-state index contributed by atoms with van der Waals surface area (Å²) in [7, 11) is 0. The summed E-state index contributed by atoms with van der Waals surface area (Å²) in [5.41, 5.74) is 2.91. The minimum Gasteiger partial charge on any atom is -0.487 e. The van der Waals surface area contributed by atoms with E-state index in [9.17, 15) is 8.78 Å². The van der Waals surface area contributed by atoms with Crippen molar-refractivity contribution >= 4 is 15.9 Å². The Morgan fingerprint density at radius 2 is 1.87 bits per heavy atom. The zero-order valence-corrected chi connectivity index (χ0v) is 10.5. The van der Waals surface area contributed by atoms with E-state index in [0.717, 1.165) is 21.2 Å². The summed E-state index contributed by atoms with van der Waals surface area (Å²) >= 11 is 3.44. The summed E-state index contributed by atoms with van der Waals surface area (Å²) in [4.78, 5) is 0. The molecule has 1 aromatic carbocycles. The van der Waals surface area contributed by atoms with Crippen LogP contribution in [0.2, 0.25) is 0 Å². The molecule has 1 rings (SSSR count). The van der Waals surface area contributed by atoms with Gasteiger partial charge in [-0.2, -0.15) is 0 Å². The van der Waals surface area contributed by atoms with Gasteiger partial charge in [-0.25, -0.2) is 8.78 Å². The molecule has 0 aliphatic carbocycles. The van der Waals surface area contributed by atoms with E-state index in [1.807, 2.05) is 20.8 Å². The first-order valence-electron chi connectivity index (χ1n) is 4.60. The van der Waals surface area contributed by atoms with E-state index in [1.54, 1.807) is 6.07 Å². The highest BCUT2D eigenvalue weighted by atomic mass is 79.9. The maximum absolute atomic E-state index is 12.0. The Kier molecular flexibility index (Phi) is 4.08. The van der Waals surface area contributed by atoms with Crippen LogP contribution in [0.25, 0.3) is 0 Å². The molecule has 4 heteroatoms. The molecular formula is C11H13BrF2O. The first-order chi connectivity index (χ1) is 6.93. The molecule has 0 aliphatic heterocycles.